The lowest BCUT2D eigenvalue weighted by atomic mass is 9.78. The Morgan fingerprint density at radius 1 is 1.11 bits per heavy atom. The minimum atomic E-state index is -0.466. The van der Waals surface area contributed by atoms with Gasteiger partial charge in [-0.25, -0.2) is 0 Å². The minimum Gasteiger partial charge on any atom is -0.497 e. The normalized spacial score (nSPS) is 20.7. The van der Waals surface area contributed by atoms with Crippen molar-refractivity contribution in [2.75, 3.05) is 7.11 Å². The van der Waals surface area contributed by atoms with Gasteiger partial charge in [-0.2, -0.15) is 0 Å². The first-order valence-electron chi connectivity index (χ1n) is 6.37. The molecular formula is C14H20BClO3. The van der Waals surface area contributed by atoms with Gasteiger partial charge in [-0.3, -0.25) is 0 Å². The summed E-state index contributed by atoms with van der Waals surface area (Å²) < 4.78 is 17.3. The van der Waals surface area contributed by atoms with E-state index in [1.807, 2.05) is 46.8 Å². The zero-order chi connectivity index (χ0) is 14.4. The molecule has 0 spiro atoms. The molecule has 0 bridgehead atoms. The monoisotopic (exact) mass is 282 g/mol. The quantitative estimate of drug-likeness (QED) is 0.781. The first-order valence-corrected chi connectivity index (χ1v) is 6.75. The summed E-state index contributed by atoms with van der Waals surface area (Å²) in [7, 11) is 1.17. The predicted octanol–water partition coefficient (Wildman–Crippen LogP) is 2.96. The zero-order valence-corrected chi connectivity index (χ0v) is 13.1. The second-order valence-electron chi connectivity index (χ2n) is 5.94. The third-order valence-corrected chi connectivity index (χ3v) is 4.52. The van der Waals surface area contributed by atoms with Crippen molar-refractivity contribution in [3.63, 3.8) is 0 Å². The van der Waals surface area contributed by atoms with Crippen molar-refractivity contribution in [3.8, 4) is 5.75 Å². The third-order valence-electron chi connectivity index (χ3n) is 4.00. The summed E-state index contributed by atoms with van der Waals surface area (Å²) in [5.74, 6) is 0.756. The van der Waals surface area contributed by atoms with Crippen molar-refractivity contribution in [3.05, 3.63) is 22.7 Å². The minimum absolute atomic E-state index is 0.377. The van der Waals surface area contributed by atoms with Crippen molar-refractivity contribution >= 4 is 24.2 Å². The molecule has 0 aliphatic carbocycles. The summed E-state index contributed by atoms with van der Waals surface area (Å²) in [6, 6.07) is 3.77. The van der Waals surface area contributed by atoms with E-state index in [0.29, 0.717) is 5.02 Å². The molecule has 104 valence electrons. The van der Waals surface area contributed by atoms with Crippen LogP contribution in [-0.4, -0.2) is 25.4 Å². The smallest absolute Gasteiger partial charge is 0.496 e. The van der Waals surface area contributed by atoms with Crippen LogP contribution in [0.15, 0.2) is 12.1 Å². The molecule has 0 unspecified atom stereocenters. The maximum absolute atomic E-state index is 6.37. The Labute approximate surface area is 120 Å². The van der Waals surface area contributed by atoms with Gasteiger partial charge in [-0.05, 0) is 52.3 Å². The maximum atomic E-state index is 6.37. The van der Waals surface area contributed by atoms with Gasteiger partial charge in [0, 0.05) is 10.5 Å². The summed E-state index contributed by atoms with van der Waals surface area (Å²) in [6.07, 6.45) is 0. The lowest BCUT2D eigenvalue weighted by Crippen LogP contribution is -2.41. The zero-order valence-electron chi connectivity index (χ0n) is 12.3. The standard InChI is InChI=1S/C14H20BClO3/c1-9-7-10(17-6)8-11(12(9)16)15-18-13(2,3)14(4,5)19-15/h7-8H,1-6H3. The summed E-state index contributed by atoms with van der Waals surface area (Å²) in [5.41, 5.74) is 1.01. The van der Waals surface area contributed by atoms with Gasteiger partial charge in [-0.1, -0.05) is 11.6 Å². The average molecular weight is 283 g/mol. The van der Waals surface area contributed by atoms with Crippen LogP contribution in [0.5, 0.6) is 5.75 Å². The van der Waals surface area contributed by atoms with Gasteiger partial charge < -0.3 is 14.0 Å². The SMILES string of the molecule is COc1cc(C)c(Cl)c(B2OC(C)(C)C(C)(C)O2)c1. The van der Waals surface area contributed by atoms with E-state index in [4.69, 9.17) is 25.6 Å². The third kappa shape index (κ3) is 2.49. The van der Waals surface area contributed by atoms with Gasteiger partial charge in [0.2, 0.25) is 0 Å². The number of aryl methyl sites for hydroxylation is 1. The molecule has 19 heavy (non-hydrogen) atoms. The van der Waals surface area contributed by atoms with E-state index >= 15 is 0 Å². The summed E-state index contributed by atoms with van der Waals surface area (Å²) >= 11 is 6.37. The maximum Gasteiger partial charge on any atom is 0.496 e. The van der Waals surface area contributed by atoms with Crippen molar-refractivity contribution in [2.24, 2.45) is 0 Å². The number of rotatable bonds is 2. The number of hydrogen-bond donors (Lipinski definition) is 0. The number of methoxy groups -OCH3 is 1. The van der Waals surface area contributed by atoms with E-state index in [1.54, 1.807) is 7.11 Å². The van der Waals surface area contributed by atoms with Crippen LogP contribution < -0.4 is 10.2 Å². The first kappa shape index (κ1) is 14.7. The summed E-state index contributed by atoms with van der Waals surface area (Å²) in [5, 5.41) is 0.666. The fraction of sp³-hybridized carbons (Fsp3) is 0.571. The summed E-state index contributed by atoms with van der Waals surface area (Å²) in [6.45, 7) is 10.0. The molecule has 1 aliphatic rings. The lowest BCUT2D eigenvalue weighted by Gasteiger charge is -2.32. The topological polar surface area (TPSA) is 27.7 Å². The van der Waals surface area contributed by atoms with E-state index in [-0.39, 0.29) is 11.2 Å². The second-order valence-corrected chi connectivity index (χ2v) is 6.31. The molecule has 1 heterocycles. The number of hydrogen-bond acceptors (Lipinski definition) is 3. The van der Waals surface area contributed by atoms with Crippen LogP contribution in [-0.2, 0) is 9.31 Å². The van der Waals surface area contributed by atoms with E-state index in [1.165, 1.54) is 0 Å². The van der Waals surface area contributed by atoms with Gasteiger partial charge in [0.1, 0.15) is 5.75 Å². The van der Waals surface area contributed by atoms with Crippen LogP contribution in [0.25, 0.3) is 0 Å². The van der Waals surface area contributed by atoms with Crippen molar-refractivity contribution in [2.45, 2.75) is 45.8 Å². The Kier molecular flexibility index (Phi) is 3.63. The highest BCUT2D eigenvalue weighted by Crippen LogP contribution is 2.37. The van der Waals surface area contributed by atoms with Crippen LogP contribution >= 0.6 is 11.6 Å². The van der Waals surface area contributed by atoms with Gasteiger partial charge >= 0.3 is 7.12 Å². The fourth-order valence-corrected chi connectivity index (χ4v) is 2.22. The molecule has 0 amide bonds. The molecule has 3 nitrogen and oxygen atoms in total. The second kappa shape index (κ2) is 4.69. The molecular weight excluding hydrogens is 262 g/mol. The highest BCUT2D eigenvalue weighted by molar-refractivity contribution is 6.65. The molecule has 1 fully saturated rings. The number of benzene rings is 1. The molecule has 1 aromatic rings. The largest absolute Gasteiger partial charge is 0.497 e. The van der Waals surface area contributed by atoms with Gasteiger partial charge in [0.15, 0.2) is 0 Å². The van der Waals surface area contributed by atoms with E-state index < -0.39 is 7.12 Å². The Balaban J connectivity index is 2.42. The summed E-state index contributed by atoms with van der Waals surface area (Å²) in [4.78, 5) is 0. The van der Waals surface area contributed by atoms with Crippen molar-refractivity contribution in [1.82, 2.24) is 0 Å². The van der Waals surface area contributed by atoms with E-state index in [9.17, 15) is 0 Å². The van der Waals surface area contributed by atoms with E-state index in [0.717, 1.165) is 16.8 Å². The molecule has 0 atom stereocenters. The lowest BCUT2D eigenvalue weighted by molar-refractivity contribution is 0.00578. The predicted molar refractivity (Wildman–Crippen MR) is 78.5 cm³/mol. The Morgan fingerprint density at radius 2 is 1.63 bits per heavy atom. The number of halogens is 1. The van der Waals surface area contributed by atoms with Crippen LogP contribution in [0, 0.1) is 6.92 Å². The number of ether oxygens (including phenoxy) is 1. The van der Waals surface area contributed by atoms with Crippen LogP contribution in [0.2, 0.25) is 5.02 Å². The molecule has 1 saturated heterocycles. The fourth-order valence-electron chi connectivity index (χ4n) is 2.02. The van der Waals surface area contributed by atoms with E-state index in [2.05, 4.69) is 0 Å². The molecule has 5 heteroatoms. The Bertz CT molecular complexity index is 484. The highest BCUT2D eigenvalue weighted by Gasteiger charge is 2.52. The van der Waals surface area contributed by atoms with Crippen LogP contribution in [0.3, 0.4) is 0 Å². The molecule has 1 aromatic carbocycles. The van der Waals surface area contributed by atoms with Crippen LogP contribution in [0.1, 0.15) is 33.3 Å². The first-order chi connectivity index (χ1) is 8.68. The molecule has 0 radical (unpaired) electrons. The Morgan fingerprint density at radius 3 is 2.11 bits per heavy atom. The van der Waals surface area contributed by atoms with Crippen LogP contribution in [0.4, 0.5) is 0 Å². The van der Waals surface area contributed by atoms with Gasteiger partial charge in [-0.15, -0.1) is 0 Å². The highest BCUT2D eigenvalue weighted by atomic mass is 35.5. The molecule has 0 aromatic heterocycles. The Hall–Kier alpha value is -0.705. The molecule has 2 rings (SSSR count). The molecule has 0 saturated carbocycles. The van der Waals surface area contributed by atoms with Crippen molar-refractivity contribution in [1.29, 1.82) is 0 Å². The average Bonchev–Trinajstić information content (AvgIpc) is 2.51. The molecule has 1 aliphatic heterocycles. The molecule has 0 N–H and O–H groups in total. The van der Waals surface area contributed by atoms with Gasteiger partial charge in [0.05, 0.1) is 18.3 Å². The van der Waals surface area contributed by atoms with Crippen molar-refractivity contribution < 1.29 is 14.0 Å². The van der Waals surface area contributed by atoms with Gasteiger partial charge in [0.25, 0.3) is 0 Å².